The fourth-order valence-electron chi connectivity index (χ4n) is 9.89. The highest BCUT2D eigenvalue weighted by molar-refractivity contribution is 6.23. The summed E-state index contributed by atoms with van der Waals surface area (Å²) in [6, 6.07) is 82.7. The lowest BCUT2D eigenvalue weighted by Crippen LogP contribution is -1.99. The molecule has 10 aromatic carbocycles. The Morgan fingerprint density at radius 2 is 0.891 bits per heavy atom. The van der Waals surface area contributed by atoms with Crippen LogP contribution in [0.1, 0.15) is 0 Å². The lowest BCUT2D eigenvalue weighted by Gasteiger charge is -2.14. The van der Waals surface area contributed by atoms with Crippen LogP contribution >= 0.6 is 0 Å². The molecule has 0 aliphatic rings. The van der Waals surface area contributed by atoms with E-state index in [0.717, 1.165) is 66.8 Å². The van der Waals surface area contributed by atoms with Crippen molar-refractivity contribution in [3.8, 4) is 56.3 Å². The molecule has 4 heteroatoms. The van der Waals surface area contributed by atoms with E-state index in [4.69, 9.17) is 9.97 Å². The van der Waals surface area contributed by atoms with Crippen molar-refractivity contribution in [3.05, 3.63) is 231 Å². The smallest absolute Gasteiger partial charge is 0.160 e. The zero-order valence-electron chi connectivity index (χ0n) is 34.7. The molecule has 0 saturated carbocycles. The van der Waals surface area contributed by atoms with Gasteiger partial charge in [-0.15, -0.1) is 0 Å². The molecule has 4 nitrogen and oxygen atoms in total. The number of aromatic nitrogens is 4. The molecule has 0 aliphatic heterocycles. The molecule has 0 N–H and O–H groups in total. The van der Waals surface area contributed by atoms with Gasteiger partial charge >= 0.3 is 0 Å². The van der Waals surface area contributed by atoms with Gasteiger partial charge in [-0.1, -0.05) is 176 Å². The molecule has 0 atom stereocenters. The van der Waals surface area contributed by atoms with E-state index >= 15 is 0 Å². The van der Waals surface area contributed by atoms with Crippen molar-refractivity contribution in [2.75, 3.05) is 0 Å². The first kappa shape index (κ1) is 36.1. The van der Waals surface area contributed by atoms with Gasteiger partial charge < -0.3 is 9.13 Å². The van der Waals surface area contributed by atoms with Crippen LogP contribution in [0, 0.1) is 0 Å². The fourth-order valence-corrected chi connectivity index (χ4v) is 9.89. The van der Waals surface area contributed by atoms with Crippen molar-refractivity contribution in [1.82, 2.24) is 19.1 Å². The quantitative estimate of drug-likeness (QED) is 0.168. The topological polar surface area (TPSA) is 35.6 Å². The summed E-state index contributed by atoms with van der Waals surface area (Å²) in [5, 5.41) is 8.35. The predicted octanol–water partition coefficient (Wildman–Crippen LogP) is 15.6. The first-order chi connectivity index (χ1) is 31.7. The number of benzene rings is 10. The summed E-state index contributed by atoms with van der Waals surface area (Å²) in [6.45, 7) is 0. The summed E-state index contributed by atoms with van der Waals surface area (Å²) in [6.07, 6.45) is 0. The average Bonchev–Trinajstić information content (AvgIpc) is 3.88. The second-order valence-electron chi connectivity index (χ2n) is 16.6. The van der Waals surface area contributed by atoms with E-state index in [2.05, 4.69) is 234 Å². The van der Waals surface area contributed by atoms with Crippen LogP contribution in [0.5, 0.6) is 0 Å². The van der Waals surface area contributed by atoms with Crippen molar-refractivity contribution in [3.63, 3.8) is 0 Å². The van der Waals surface area contributed by atoms with Gasteiger partial charge in [0.2, 0.25) is 0 Å². The van der Waals surface area contributed by atoms with E-state index < -0.39 is 0 Å². The van der Waals surface area contributed by atoms with Crippen molar-refractivity contribution >= 4 is 65.3 Å². The molecule has 64 heavy (non-hydrogen) atoms. The Hall–Kier alpha value is -8.60. The molecule has 0 spiro atoms. The molecule has 298 valence electrons. The van der Waals surface area contributed by atoms with Crippen LogP contribution in [0.3, 0.4) is 0 Å². The molecule has 0 radical (unpaired) electrons. The van der Waals surface area contributed by atoms with Gasteiger partial charge in [-0.05, 0) is 82.2 Å². The first-order valence-electron chi connectivity index (χ1n) is 21.8. The van der Waals surface area contributed by atoms with Gasteiger partial charge in [-0.2, -0.15) is 0 Å². The van der Waals surface area contributed by atoms with Gasteiger partial charge in [0, 0.05) is 54.8 Å². The maximum absolute atomic E-state index is 5.44. The van der Waals surface area contributed by atoms with E-state index in [0.29, 0.717) is 5.82 Å². The van der Waals surface area contributed by atoms with Crippen molar-refractivity contribution in [2.24, 2.45) is 0 Å². The third kappa shape index (κ3) is 5.77. The van der Waals surface area contributed by atoms with Gasteiger partial charge in [0.1, 0.15) is 0 Å². The monoisotopic (exact) mass is 814 g/mol. The number of hydrogen-bond acceptors (Lipinski definition) is 2. The minimum atomic E-state index is 0.695. The summed E-state index contributed by atoms with van der Waals surface area (Å²) in [7, 11) is 0. The Balaban J connectivity index is 1.06. The summed E-state index contributed by atoms with van der Waals surface area (Å²) >= 11 is 0. The van der Waals surface area contributed by atoms with Crippen molar-refractivity contribution in [2.45, 2.75) is 0 Å². The van der Waals surface area contributed by atoms with E-state index in [1.54, 1.807) is 0 Å². The van der Waals surface area contributed by atoms with Gasteiger partial charge in [0.05, 0.1) is 33.3 Å². The summed E-state index contributed by atoms with van der Waals surface area (Å²) in [5.74, 6) is 0.695. The zero-order valence-corrected chi connectivity index (χ0v) is 34.7. The van der Waals surface area contributed by atoms with Crippen molar-refractivity contribution in [1.29, 1.82) is 0 Å². The van der Waals surface area contributed by atoms with E-state index in [1.807, 2.05) is 6.07 Å². The molecule has 0 fully saturated rings. The van der Waals surface area contributed by atoms with Crippen LogP contribution < -0.4 is 0 Å². The minimum Gasteiger partial charge on any atom is -0.309 e. The average molecular weight is 815 g/mol. The molecule has 0 unspecified atom stereocenters. The van der Waals surface area contributed by atoms with Crippen LogP contribution in [0.25, 0.3) is 122 Å². The number of hydrogen-bond donors (Lipinski definition) is 0. The number of nitrogens with zero attached hydrogens (tertiary/aromatic N) is 4. The van der Waals surface area contributed by atoms with Crippen LogP contribution in [-0.4, -0.2) is 19.1 Å². The zero-order chi connectivity index (χ0) is 42.1. The molecule has 0 amide bonds. The second-order valence-corrected chi connectivity index (χ2v) is 16.6. The highest BCUT2D eigenvalue weighted by Crippen LogP contribution is 2.42. The lowest BCUT2D eigenvalue weighted by atomic mass is 9.99. The lowest BCUT2D eigenvalue weighted by molar-refractivity contribution is 1.17. The molecule has 0 saturated heterocycles. The third-order valence-corrected chi connectivity index (χ3v) is 12.9. The van der Waals surface area contributed by atoms with E-state index in [1.165, 1.54) is 48.9 Å². The van der Waals surface area contributed by atoms with E-state index in [9.17, 15) is 0 Å². The Morgan fingerprint density at radius 1 is 0.281 bits per heavy atom. The third-order valence-electron chi connectivity index (χ3n) is 12.9. The molecule has 13 rings (SSSR count). The maximum atomic E-state index is 5.44. The summed E-state index contributed by atoms with van der Waals surface area (Å²) in [4.78, 5) is 10.7. The van der Waals surface area contributed by atoms with E-state index in [-0.39, 0.29) is 0 Å². The second kappa shape index (κ2) is 14.5. The Bertz CT molecular complexity index is 3920. The van der Waals surface area contributed by atoms with Gasteiger partial charge in [0.15, 0.2) is 5.82 Å². The largest absolute Gasteiger partial charge is 0.309 e. The Labute approximate surface area is 369 Å². The van der Waals surface area contributed by atoms with Crippen LogP contribution in [0.4, 0.5) is 0 Å². The summed E-state index contributed by atoms with van der Waals surface area (Å²) < 4.78 is 4.88. The highest BCUT2D eigenvalue weighted by atomic mass is 15.0. The summed E-state index contributed by atoms with van der Waals surface area (Å²) in [5.41, 5.74) is 15.3. The molecule has 0 bridgehead atoms. The molecule has 0 aliphatic carbocycles. The molecule has 13 aromatic rings. The molecular formula is C60H38N4. The van der Waals surface area contributed by atoms with Crippen LogP contribution in [0.15, 0.2) is 231 Å². The van der Waals surface area contributed by atoms with Gasteiger partial charge in [-0.25, -0.2) is 9.97 Å². The number of fused-ring (bicyclic) bond motifs is 9. The van der Waals surface area contributed by atoms with Gasteiger partial charge in [0.25, 0.3) is 0 Å². The van der Waals surface area contributed by atoms with Crippen LogP contribution in [-0.2, 0) is 0 Å². The number of para-hydroxylation sites is 2. The Morgan fingerprint density at radius 3 is 1.69 bits per heavy atom. The van der Waals surface area contributed by atoms with Crippen LogP contribution in [0.2, 0.25) is 0 Å². The first-order valence-corrected chi connectivity index (χ1v) is 21.8. The highest BCUT2D eigenvalue weighted by Gasteiger charge is 2.21. The molecule has 3 aromatic heterocycles. The van der Waals surface area contributed by atoms with Crippen molar-refractivity contribution < 1.29 is 0 Å². The standard InChI is InChI=1S/C60H38N4/c1-4-15-39(16-5-1)41-27-29-43(30-28-41)60-61-54-34-32-47(36-53(54)58(62-60)45-21-14-20-44(35-45)40-17-6-2-7-18-40)63-55-26-13-12-25-49(55)51-37-52-50-33-31-42-19-10-11-24-48(42)59(50)64(57(52)38-56(51)63)46-22-8-3-9-23-46/h1-38H. The van der Waals surface area contributed by atoms with Gasteiger partial charge in [-0.3, -0.25) is 0 Å². The fraction of sp³-hybridized carbons (Fsp3) is 0. The predicted molar refractivity (Wildman–Crippen MR) is 267 cm³/mol. The normalized spacial score (nSPS) is 11.8. The SMILES string of the molecule is c1ccc(-c2ccc(-c3nc(-c4cccc(-c5ccccc5)c4)c4cc(-n5c6ccccc6c6cc7c8ccc9ccccc9c8n(-c8ccccc8)c7cc65)ccc4n3)cc2)cc1. The molecular weight excluding hydrogens is 777 g/mol. The maximum Gasteiger partial charge on any atom is 0.160 e. The number of rotatable bonds is 6. The molecule has 3 heterocycles. The Kier molecular flexibility index (Phi) is 8.18. The minimum absolute atomic E-state index is 0.695.